The predicted octanol–water partition coefficient (Wildman–Crippen LogP) is 4.77. The fourth-order valence-corrected chi connectivity index (χ4v) is 3.57. The zero-order valence-corrected chi connectivity index (χ0v) is 18.5. The number of methoxy groups -OCH3 is 1. The highest BCUT2D eigenvalue weighted by Crippen LogP contribution is 2.35. The lowest BCUT2D eigenvalue weighted by atomic mass is 10.1. The second-order valence-electron chi connectivity index (χ2n) is 5.98. The van der Waals surface area contributed by atoms with Gasteiger partial charge < -0.3 is 14.8 Å². The van der Waals surface area contributed by atoms with Crippen molar-refractivity contribution in [3.05, 3.63) is 62.7 Å². The third-order valence-corrected chi connectivity index (χ3v) is 5.43. The van der Waals surface area contributed by atoms with Crippen molar-refractivity contribution in [2.24, 2.45) is 0 Å². The van der Waals surface area contributed by atoms with Gasteiger partial charge in [-0.1, -0.05) is 39.7 Å². The molecular weight excluding hydrogens is 464 g/mol. The minimum atomic E-state index is -0.151. The van der Waals surface area contributed by atoms with Crippen LogP contribution < -0.4 is 14.8 Å². The first-order valence-electron chi connectivity index (χ1n) is 8.52. The third-order valence-electron chi connectivity index (χ3n) is 4.17. The molecule has 1 heterocycles. The number of carbonyl (C=O) groups excluding carboxylic acids is 1. The number of nitrogens with one attached hydrogen (secondary N) is 1. The Morgan fingerprint density at radius 1 is 1.25 bits per heavy atom. The molecular formula is C20H18BrClN2O3S. The molecule has 0 spiro atoms. The van der Waals surface area contributed by atoms with E-state index in [0.717, 1.165) is 15.6 Å². The Bertz CT molecular complexity index is 947. The monoisotopic (exact) mass is 480 g/mol. The number of ether oxygens (including phenoxy) is 2. The molecule has 2 aromatic carbocycles. The number of hydrogen-bond acceptors (Lipinski definition) is 4. The van der Waals surface area contributed by atoms with Gasteiger partial charge in [0.1, 0.15) is 12.3 Å². The summed E-state index contributed by atoms with van der Waals surface area (Å²) in [6, 6.07) is 11.1. The Kier molecular flexibility index (Phi) is 6.59. The van der Waals surface area contributed by atoms with Crippen LogP contribution >= 0.6 is 39.7 Å². The van der Waals surface area contributed by atoms with E-state index < -0.39 is 0 Å². The van der Waals surface area contributed by atoms with Crippen molar-refractivity contribution in [2.75, 3.05) is 13.7 Å². The summed E-state index contributed by atoms with van der Waals surface area (Å²) in [5, 5.41) is 4.03. The average Bonchev–Trinajstić information content (AvgIpc) is 2.95. The van der Waals surface area contributed by atoms with Crippen LogP contribution in [0.4, 0.5) is 0 Å². The van der Waals surface area contributed by atoms with Crippen molar-refractivity contribution in [1.29, 1.82) is 0 Å². The zero-order chi connectivity index (χ0) is 20.3. The Hall–Kier alpha value is -2.09. The van der Waals surface area contributed by atoms with Gasteiger partial charge >= 0.3 is 0 Å². The molecule has 1 N–H and O–H groups in total. The van der Waals surface area contributed by atoms with Crippen LogP contribution in [0.15, 0.2) is 46.6 Å². The number of thiocarbonyl (C=S) groups is 1. The van der Waals surface area contributed by atoms with Crippen LogP contribution in [0.5, 0.6) is 11.5 Å². The van der Waals surface area contributed by atoms with Crippen molar-refractivity contribution in [1.82, 2.24) is 10.2 Å². The Labute approximate surface area is 182 Å². The zero-order valence-electron chi connectivity index (χ0n) is 15.3. The summed E-state index contributed by atoms with van der Waals surface area (Å²) in [4.78, 5) is 13.9. The van der Waals surface area contributed by atoms with Crippen LogP contribution in [0.2, 0.25) is 5.02 Å². The van der Waals surface area contributed by atoms with Crippen LogP contribution in [-0.2, 0) is 11.4 Å². The highest BCUT2D eigenvalue weighted by molar-refractivity contribution is 9.10. The molecule has 0 aliphatic carbocycles. The molecule has 0 bridgehead atoms. The molecule has 1 aliphatic rings. The lowest BCUT2D eigenvalue weighted by Gasteiger charge is -2.13. The number of nitrogens with zero attached hydrogens (tertiary/aromatic N) is 1. The summed E-state index contributed by atoms with van der Waals surface area (Å²) >= 11 is 14.6. The maximum atomic E-state index is 12.4. The maximum absolute atomic E-state index is 12.4. The Morgan fingerprint density at radius 3 is 2.57 bits per heavy atom. The van der Waals surface area contributed by atoms with Crippen molar-refractivity contribution < 1.29 is 14.3 Å². The van der Waals surface area contributed by atoms with Crippen LogP contribution in [0.25, 0.3) is 6.08 Å². The van der Waals surface area contributed by atoms with Gasteiger partial charge in [0.05, 0.1) is 7.11 Å². The topological polar surface area (TPSA) is 50.8 Å². The highest BCUT2D eigenvalue weighted by Gasteiger charge is 2.29. The molecule has 146 valence electrons. The predicted molar refractivity (Wildman–Crippen MR) is 118 cm³/mol. The first kappa shape index (κ1) is 20.6. The Balaban J connectivity index is 1.83. The Morgan fingerprint density at radius 2 is 1.96 bits per heavy atom. The van der Waals surface area contributed by atoms with E-state index in [-0.39, 0.29) is 5.91 Å². The standard InChI is InChI=1S/C20H18BrClN2O3S/c1-3-24-19(25)16(23-20(24)28)8-13-9-17(26-2)18(10-15(13)21)27-11-12-4-6-14(22)7-5-12/h4-10H,3,11H2,1-2H3,(H,23,28)/b16-8-. The molecule has 2 aromatic rings. The fraction of sp³-hybridized carbons (Fsp3) is 0.200. The summed E-state index contributed by atoms with van der Waals surface area (Å²) in [7, 11) is 1.57. The van der Waals surface area contributed by atoms with Gasteiger partial charge in [-0.05, 0) is 60.6 Å². The molecule has 0 aromatic heterocycles. The highest BCUT2D eigenvalue weighted by atomic mass is 79.9. The van der Waals surface area contributed by atoms with Crippen LogP contribution in [0, 0.1) is 0 Å². The first-order chi connectivity index (χ1) is 13.4. The van der Waals surface area contributed by atoms with E-state index in [4.69, 9.17) is 33.3 Å². The molecule has 1 amide bonds. The van der Waals surface area contributed by atoms with E-state index >= 15 is 0 Å². The summed E-state index contributed by atoms with van der Waals surface area (Å²) < 4.78 is 12.1. The largest absolute Gasteiger partial charge is 0.493 e. The van der Waals surface area contributed by atoms with Gasteiger partial charge in [-0.15, -0.1) is 0 Å². The average molecular weight is 482 g/mol. The van der Waals surface area contributed by atoms with Gasteiger partial charge in [0.25, 0.3) is 5.91 Å². The fourth-order valence-electron chi connectivity index (χ4n) is 2.69. The molecule has 1 aliphatic heterocycles. The molecule has 0 unspecified atom stereocenters. The molecule has 8 heteroatoms. The van der Waals surface area contributed by atoms with Gasteiger partial charge in [-0.3, -0.25) is 9.69 Å². The SMILES string of the molecule is CCN1C(=O)/C(=C/c2cc(OC)c(OCc3ccc(Cl)cc3)cc2Br)NC1=S. The summed E-state index contributed by atoms with van der Waals surface area (Å²) in [6.07, 6.45) is 1.74. The number of hydrogen-bond donors (Lipinski definition) is 1. The van der Waals surface area contributed by atoms with E-state index in [1.165, 1.54) is 4.90 Å². The first-order valence-corrected chi connectivity index (χ1v) is 10.1. The van der Waals surface area contributed by atoms with E-state index in [2.05, 4.69) is 21.2 Å². The number of likely N-dealkylation sites (N-methyl/N-ethyl adjacent to an activating group) is 1. The van der Waals surface area contributed by atoms with Crippen molar-refractivity contribution in [3.8, 4) is 11.5 Å². The second kappa shape index (κ2) is 8.94. The third kappa shape index (κ3) is 4.48. The second-order valence-corrected chi connectivity index (χ2v) is 7.65. The van der Waals surface area contributed by atoms with Crippen LogP contribution in [-0.4, -0.2) is 29.6 Å². The van der Waals surface area contributed by atoms with E-state index in [9.17, 15) is 4.79 Å². The minimum absolute atomic E-state index is 0.151. The van der Waals surface area contributed by atoms with Gasteiger partial charge in [0.2, 0.25) is 0 Å². The maximum Gasteiger partial charge on any atom is 0.276 e. The number of benzene rings is 2. The number of halogens is 2. The molecule has 0 saturated carbocycles. The quantitative estimate of drug-likeness (QED) is 0.476. The van der Waals surface area contributed by atoms with E-state index in [1.54, 1.807) is 19.3 Å². The summed E-state index contributed by atoms with van der Waals surface area (Å²) in [5.41, 5.74) is 2.18. The van der Waals surface area contributed by atoms with E-state index in [0.29, 0.717) is 40.5 Å². The lowest BCUT2D eigenvalue weighted by Crippen LogP contribution is -2.30. The molecule has 3 rings (SSSR count). The number of carbonyl (C=O) groups is 1. The number of amides is 1. The van der Waals surface area contributed by atoms with Crippen molar-refractivity contribution >= 4 is 56.8 Å². The minimum Gasteiger partial charge on any atom is -0.493 e. The summed E-state index contributed by atoms with van der Waals surface area (Å²) in [6.45, 7) is 2.77. The van der Waals surface area contributed by atoms with Gasteiger partial charge in [0, 0.05) is 16.0 Å². The van der Waals surface area contributed by atoms with Gasteiger partial charge in [0.15, 0.2) is 16.6 Å². The lowest BCUT2D eigenvalue weighted by molar-refractivity contribution is -0.122. The van der Waals surface area contributed by atoms with Crippen LogP contribution in [0.1, 0.15) is 18.1 Å². The molecule has 0 atom stereocenters. The molecule has 1 saturated heterocycles. The van der Waals surface area contributed by atoms with E-state index in [1.807, 2.05) is 37.3 Å². The molecule has 5 nitrogen and oxygen atoms in total. The van der Waals surface area contributed by atoms with Crippen molar-refractivity contribution in [2.45, 2.75) is 13.5 Å². The smallest absolute Gasteiger partial charge is 0.276 e. The van der Waals surface area contributed by atoms with Crippen molar-refractivity contribution in [3.63, 3.8) is 0 Å². The summed E-state index contributed by atoms with van der Waals surface area (Å²) in [5.74, 6) is 0.994. The molecule has 28 heavy (non-hydrogen) atoms. The van der Waals surface area contributed by atoms with Crippen LogP contribution in [0.3, 0.4) is 0 Å². The normalized spacial score (nSPS) is 15.1. The molecule has 0 radical (unpaired) electrons. The molecule has 1 fully saturated rings. The van der Waals surface area contributed by atoms with Gasteiger partial charge in [-0.2, -0.15) is 0 Å². The number of rotatable bonds is 6. The van der Waals surface area contributed by atoms with Gasteiger partial charge in [-0.25, -0.2) is 0 Å².